The molecule has 1 fully saturated rings. The molecule has 2 aromatic carbocycles. The number of aldehydes is 2. The van der Waals surface area contributed by atoms with Gasteiger partial charge in [0.1, 0.15) is 18.4 Å². The Bertz CT molecular complexity index is 1900. The fourth-order valence-corrected chi connectivity index (χ4v) is 10.2. The number of aliphatic carboxylic acids is 1. The molecule has 6 rings (SSSR count). The summed E-state index contributed by atoms with van der Waals surface area (Å²) in [5.41, 5.74) is 17.2. The summed E-state index contributed by atoms with van der Waals surface area (Å²) in [5.74, 6) is 0.308. The minimum Gasteiger partial charge on any atom is -0.478 e. The number of carboxylic acid groups (broad SMARTS) is 1. The molecule has 1 aromatic heterocycles. The van der Waals surface area contributed by atoms with E-state index in [1.165, 1.54) is 17.2 Å². The third-order valence-electron chi connectivity index (χ3n) is 13.0. The highest BCUT2D eigenvalue weighted by molar-refractivity contribution is 5.86. The number of anilines is 1. The lowest BCUT2D eigenvalue weighted by molar-refractivity contribution is -0.131. The first-order chi connectivity index (χ1) is 28.1. The number of benzene rings is 2. The van der Waals surface area contributed by atoms with Crippen molar-refractivity contribution in [3.05, 3.63) is 77.0 Å². The number of guanidine groups is 1. The first-order valence-corrected chi connectivity index (χ1v) is 21.2. The average molecular weight is 799 g/mol. The second-order valence-electron chi connectivity index (χ2n) is 16.8. The fraction of sp³-hybridized carbons (Fsp3) is 0.556. The topological polar surface area (TPSA) is 236 Å². The maximum absolute atomic E-state index is 12.7. The number of rotatable bonds is 22. The van der Waals surface area contributed by atoms with E-state index in [4.69, 9.17) is 16.5 Å². The summed E-state index contributed by atoms with van der Waals surface area (Å²) in [4.78, 5) is 43.9. The lowest BCUT2D eigenvalue weighted by Crippen LogP contribution is -2.54. The number of fused-ring (bicyclic) bond motifs is 5. The lowest BCUT2D eigenvalue weighted by atomic mass is 9.56. The Morgan fingerprint density at radius 3 is 2.52 bits per heavy atom. The molecule has 3 aliphatic rings. The maximum atomic E-state index is 12.7. The zero-order valence-electron chi connectivity index (χ0n) is 33.3. The predicted molar refractivity (Wildman–Crippen MR) is 226 cm³/mol. The van der Waals surface area contributed by atoms with Crippen molar-refractivity contribution in [2.75, 3.05) is 18.5 Å². The van der Waals surface area contributed by atoms with E-state index in [0.717, 1.165) is 79.7 Å². The molecule has 58 heavy (non-hydrogen) atoms. The molecule has 13 nitrogen and oxygen atoms in total. The van der Waals surface area contributed by atoms with Gasteiger partial charge >= 0.3 is 5.97 Å². The Morgan fingerprint density at radius 2 is 1.79 bits per heavy atom. The molecule has 0 saturated heterocycles. The van der Waals surface area contributed by atoms with Gasteiger partial charge in [-0.25, -0.2) is 9.79 Å². The minimum atomic E-state index is -1.09. The van der Waals surface area contributed by atoms with Crippen LogP contribution in [0.15, 0.2) is 65.3 Å². The number of nitrogens with zero attached hydrogens (tertiary/aromatic N) is 1. The van der Waals surface area contributed by atoms with Gasteiger partial charge in [0, 0.05) is 43.9 Å². The highest BCUT2D eigenvalue weighted by Gasteiger charge is 2.47. The van der Waals surface area contributed by atoms with E-state index in [-0.39, 0.29) is 55.3 Å². The van der Waals surface area contributed by atoms with Crippen LogP contribution in [0.1, 0.15) is 106 Å². The summed E-state index contributed by atoms with van der Waals surface area (Å²) < 4.78 is 0. The molecule has 2 bridgehead atoms. The highest BCUT2D eigenvalue weighted by Crippen LogP contribution is 2.56. The van der Waals surface area contributed by atoms with Gasteiger partial charge in [-0.2, -0.15) is 0 Å². The number of hydrogen-bond donors (Lipinski definition) is 9. The average Bonchev–Trinajstić information content (AvgIpc) is 3.73. The molecule has 1 aliphatic heterocycles. The quantitative estimate of drug-likeness (QED) is 0.0501. The van der Waals surface area contributed by atoms with E-state index in [9.17, 15) is 34.8 Å². The van der Waals surface area contributed by atoms with Gasteiger partial charge in [0.25, 0.3) is 0 Å². The van der Waals surface area contributed by atoms with Crippen LogP contribution < -0.4 is 22.1 Å². The minimum absolute atomic E-state index is 0.000989. The highest BCUT2D eigenvalue weighted by atomic mass is 16.4. The van der Waals surface area contributed by atoms with Crippen molar-refractivity contribution in [2.24, 2.45) is 34.2 Å². The van der Waals surface area contributed by atoms with Crippen LogP contribution in [0.5, 0.6) is 0 Å². The van der Waals surface area contributed by atoms with Crippen LogP contribution in [0.4, 0.5) is 5.82 Å². The van der Waals surface area contributed by atoms with Gasteiger partial charge < -0.3 is 57.1 Å². The van der Waals surface area contributed by atoms with Crippen molar-refractivity contribution in [3.8, 4) is 0 Å². The molecule has 10 atom stereocenters. The monoisotopic (exact) mass is 798 g/mol. The Balaban J connectivity index is 1.36. The number of carbonyl (C=O) groups excluding carboxylic acids is 2. The smallest absolute Gasteiger partial charge is 0.328 e. The van der Waals surface area contributed by atoms with E-state index < -0.39 is 30.2 Å². The van der Waals surface area contributed by atoms with E-state index in [1.807, 2.05) is 24.4 Å². The second-order valence-corrected chi connectivity index (χ2v) is 16.8. The number of carboxylic acids is 1. The number of aromatic amines is 1. The standard InChI is InChI=1S/C45H62N6O7/c46-32(12-9-28(26-55)4-3-17-52)5-1-6-33-36-22-30(35-21-29-10-8-27(14-18-53)20-31(29)23-37(33)35)11-13-34(36)44(51-42-7-2-16-48-42)38(24-43(57)58)39-25-40(41(56)15-19-54)50-45(47)49-39/h2,7-8,10,16,18,20-21,23-24,26,28,30,32-34,36,39-41,44,48,51-52,54,56H,1,3-6,9,11-15,17,19,22,25,46H2,(H,57,58)(H3,47,49,50). The summed E-state index contributed by atoms with van der Waals surface area (Å²) >= 11 is 0. The van der Waals surface area contributed by atoms with Crippen LogP contribution in [0.2, 0.25) is 0 Å². The van der Waals surface area contributed by atoms with Gasteiger partial charge in [-0.3, -0.25) is 0 Å². The number of carbonyl (C=O) groups is 3. The molecule has 0 amide bonds. The van der Waals surface area contributed by atoms with Crippen LogP contribution in [-0.2, 0) is 20.8 Å². The third kappa shape index (κ3) is 10.5. The van der Waals surface area contributed by atoms with Gasteiger partial charge in [-0.1, -0.05) is 36.8 Å². The van der Waals surface area contributed by atoms with Gasteiger partial charge in [0.05, 0.1) is 24.2 Å². The molecule has 2 aliphatic carbocycles. The van der Waals surface area contributed by atoms with Crippen LogP contribution in [0.25, 0.3) is 10.8 Å². The third-order valence-corrected chi connectivity index (χ3v) is 13.0. The number of aliphatic imine (C=N–C) groups is 1. The Kier molecular flexibility index (Phi) is 15.1. The Labute approximate surface area is 340 Å². The molecule has 0 radical (unpaired) electrons. The van der Waals surface area contributed by atoms with Crippen LogP contribution in [0.3, 0.4) is 0 Å². The Morgan fingerprint density at radius 1 is 0.966 bits per heavy atom. The molecule has 11 N–H and O–H groups in total. The molecular weight excluding hydrogens is 737 g/mol. The molecule has 3 aromatic rings. The first-order valence-electron chi connectivity index (χ1n) is 21.2. The van der Waals surface area contributed by atoms with Gasteiger partial charge in [0.15, 0.2) is 5.96 Å². The van der Waals surface area contributed by atoms with Crippen molar-refractivity contribution in [2.45, 2.75) is 126 Å². The molecular formula is C45H62N6O7. The van der Waals surface area contributed by atoms with Crippen molar-refractivity contribution in [1.29, 1.82) is 0 Å². The number of H-pyrrole nitrogens is 1. The van der Waals surface area contributed by atoms with Crippen LogP contribution >= 0.6 is 0 Å². The van der Waals surface area contributed by atoms with Crippen molar-refractivity contribution >= 4 is 41.1 Å². The number of aliphatic hydroxyl groups excluding tert-OH is 3. The number of aromatic nitrogens is 1. The summed E-state index contributed by atoms with van der Waals surface area (Å²) in [6, 6.07) is 13.1. The van der Waals surface area contributed by atoms with Gasteiger partial charge in [-0.05, 0) is 139 Å². The first kappa shape index (κ1) is 43.0. The van der Waals surface area contributed by atoms with Crippen LogP contribution in [0, 0.1) is 17.8 Å². The van der Waals surface area contributed by atoms with Crippen molar-refractivity contribution in [1.82, 2.24) is 10.3 Å². The molecule has 13 heteroatoms. The fourth-order valence-electron chi connectivity index (χ4n) is 10.2. The lowest BCUT2D eigenvalue weighted by Gasteiger charge is -2.50. The predicted octanol–water partition coefficient (Wildman–Crippen LogP) is 4.65. The summed E-state index contributed by atoms with van der Waals surface area (Å²) in [5, 5.41) is 49.2. The largest absolute Gasteiger partial charge is 0.478 e. The molecule has 0 spiro atoms. The number of nitrogens with two attached hydrogens (primary N) is 2. The number of hydrogen-bond acceptors (Lipinski definition) is 11. The molecule has 2 heterocycles. The van der Waals surface area contributed by atoms with Gasteiger partial charge in [0.2, 0.25) is 0 Å². The summed E-state index contributed by atoms with van der Waals surface area (Å²) in [7, 11) is 0. The zero-order valence-corrected chi connectivity index (χ0v) is 33.3. The summed E-state index contributed by atoms with van der Waals surface area (Å²) in [6.45, 7) is -0.134. The second kappa shape index (κ2) is 20.4. The van der Waals surface area contributed by atoms with E-state index in [2.05, 4.69) is 39.9 Å². The van der Waals surface area contributed by atoms with E-state index in [0.29, 0.717) is 43.6 Å². The molecule has 314 valence electrons. The van der Waals surface area contributed by atoms with E-state index in [1.54, 1.807) is 0 Å². The van der Waals surface area contributed by atoms with Crippen LogP contribution in [-0.4, -0.2) is 93.4 Å². The van der Waals surface area contributed by atoms with Gasteiger partial charge in [-0.15, -0.1) is 0 Å². The molecule has 10 unspecified atom stereocenters. The zero-order chi connectivity index (χ0) is 41.2. The summed E-state index contributed by atoms with van der Waals surface area (Å²) in [6.07, 6.45) is 12.8. The van der Waals surface area contributed by atoms with Crippen molar-refractivity contribution in [3.63, 3.8) is 0 Å². The normalized spacial score (nSPS) is 25.1. The van der Waals surface area contributed by atoms with E-state index >= 15 is 0 Å². The SMILES string of the molecule is NC1=NC(C(=CC(=O)O)C(Nc2ccc[nH]2)C2CCC3CC2C(CCCC(N)CCC(C=O)CCCO)c2cc4cc(CC=O)ccc4cc23)CC(C(O)CCO)N1. The van der Waals surface area contributed by atoms with Crippen molar-refractivity contribution < 1.29 is 34.8 Å². The number of nitrogens with one attached hydrogen (secondary N) is 3. The maximum Gasteiger partial charge on any atom is 0.328 e. The Hall–Kier alpha value is -4.56. The number of aliphatic hydroxyl groups is 3. The molecule has 1 saturated carbocycles.